The Morgan fingerprint density at radius 2 is 2.15 bits per heavy atom. The topological polar surface area (TPSA) is 65.6 Å². The predicted molar refractivity (Wildman–Crippen MR) is 159 cm³/mol. The largest absolute Gasteiger partial charge is 0.382 e. The number of allylic oxidation sites excluding steroid dienone is 7. The quantitative estimate of drug-likeness (QED) is 0.175. The molecule has 0 saturated carbocycles. The first-order valence-corrected chi connectivity index (χ1v) is 14.9. The van der Waals surface area contributed by atoms with E-state index in [1.165, 1.54) is 0 Å². The number of hydrogen-bond acceptors (Lipinski definition) is 4. The van der Waals surface area contributed by atoms with Gasteiger partial charge in [0.2, 0.25) is 0 Å². The van der Waals surface area contributed by atoms with Crippen LogP contribution in [0.3, 0.4) is 0 Å². The van der Waals surface area contributed by atoms with E-state index in [1.54, 1.807) is 19.3 Å². The van der Waals surface area contributed by atoms with E-state index in [4.69, 9.17) is 4.74 Å². The average Bonchev–Trinajstić information content (AvgIpc) is 2.80. The fourth-order valence-electron chi connectivity index (χ4n) is 4.05. The van der Waals surface area contributed by atoms with Gasteiger partial charge in [-0.2, -0.15) is 0 Å². The maximum Gasteiger partial charge on any atom is 0.331 e. The first kappa shape index (κ1) is 28.5. The normalized spacial score (nSPS) is 28.6. The van der Waals surface area contributed by atoms with Crippen molar-refractivity contribution >= 4 is 43.2 Å². The van der Waals surface area contributed by atoms with Gasteiger partial charge in [0.15, 0.2) is 5.03 Å². The number of nitrogens with zero attached hydrogens (tertiary/aromatic N) is 2. The summed E-state index contributed by atoms with van der Waals surface area (Å²) >= 11 is 1.53. The summed E-state index contributed by atoms with van der Waals surface area (Å²) in [7, 11) is 0. The van der Waals surface area contributed by atoms with Crippen molar-refractivity contribution in [3.63, 3.8) is 0 Å². The number of aliphatic imine (C=N–C) groups is 1. The third-order valence-electron chi connectivity index (χ3n) is 6.43. The molecule has 4 N–H and O–H groups in total. The van der Waals surface area contributed by atoms with Gasteiger partial charge >= 0.3 is 5.70 Å². The summed E-state index contributed by atoms with van der Waals surface area (Å²) in [4.78, 5) is 8.36. The second kappa shape index (κ2) is 12.8. The highest BCUT2D eigenvalue weighted by Gasteiger charge is 2.55. The van der Waals surface area contributed by atoms with Crippen LogP contribution in [0.25, 0.3) is 4.85 Å². The third-order valence-corrected chi connectivity index (χ3v) is 11.6. The van der Waals surface area contributed by atoms with Gasteiger partial charge in [-0.1, -0.05) is 47.7 Å². The molecule has 0 amide bonds. The zero-order chi connectivity index (χ0) is 25.4. The molecule has 1 fully saturated rings. The highest BCUT2D eigenvalue weighted by molar-refractivity contribution is 14.2. The van der Waals surface area contributed by atoms with E-state index < -0.39 is 0 Å². The molecular formula is C27H39IN4OS+2. The van der Waals surface area contributed by atoms with E-state index in [0.29, 0.717) is 6.61 Å². The number of halogens is 1. The van der Waals surface area contributed by atoms with Crippen molar-refractivity contribution in [1.29, 1.82) is 0 Å². The van der Waals surface area contributed by atoms with Gasteiger partial charge in [0.05, 0.1) is 30.7 Å². The zero-order valence-electron chi connectivity index (χ0n) is 21.2. The summed E-state index contributed by atoms with van der Waals surface area (Å²) in [5.41, 5.74) is 8.98. The molecule has 3 unspecified atom stereocenters. The first-order chi connectivity index (χ1) is 16.1. The van der Waals surface area contributed by atoms with E-state index in [0.717, 1.165) is 51.9 Å². The fraction of sp³-hybridized carbons (Fsp3) is 0.444. The van der Waals surface area contributed by atoms with Crippen molar-refractivity contribution in [2.24, 2.45) is 10.4 Å². The minimum atomic E-state index is -0.325. The van der Waals surface area contributed by atoms with Crippen molar-refractivity contribution in [3.8, 4) is 6.07 Å². The molecule has 0 bridgehead atoms. The molecule has 2 aliphatic rings. The molecule has 2 rings (SSSR count). The molecule has 0 aromatic rings. The van der Waals surface area contributed by atoms with Crippen molar-refractivity contribution in [3.05, 3.63) is 75.6 Å². The smallest absolute Gasteiger partial charge is 0.331 e. The van der Waals surface area contributed by atoms with Gasteiger partial charge in [0.25, 0.3) is 6.07 Å². The van der Waals surface area contributed by atoms with E-state index >= 15 is 0 Å². The van der Waals surface area contributed by atoms with Crippen LogP contribution >= 0.6 is 32.5 Å². The van der Waals surface area contributed by atoms with Crippen LogP contribution in [0.15, 0.2) is 75.7 Å². The lowest BCUT2D eigenvalue weighted by molar-refractivity contribution is -0.286. The Hall–Kier alpha value is -1.73. The number of rotatable bonds is 7. The van der Waals surface area contributed by atoms with Gasteiger partial charge in [0.1, 0.15) is 6.20 Å². The van der Waals surface area contributed by atoms with Crippen molar-refractivity contribution < 1.29 is 10.5 Å². The Morgan fingerprint density at radius 3 is 2.82 bits per heavy atom. The minimum absolute atomic E-state index is 0.0872. The van der Waals surface area contributed by atoms with Gasteiger partial charge in [-0.15, -0.1) is 20.7 Å². The Morgan fingerprint density at radius 1 is 1.41 bits per heavy atom. The molecular weight excluding hydrogens is 555 g/mol. The summed E-state index contributed by atoms with van der Waals surface area (Å²) in [6.07, 6.45) is 10.9. The van der Waals surface area contributed by atoms with Crippen molar-refractivity contribution in [1.82, 2.24) is 5.32 Å². The molecule has 5 nitrogen and oxygen atoms in total. The number of hydrogen-bond donors (Lipinski definition) is 2. The monoisotopic (exact) mass is 594 g/mol. The number of nitrogens with one attached hydrogen (secondary N) is 1. The molecule has 3 atom stereocenters. The Labute approximate surface area is 219 Å². The van der Waals surface area contributed by atoms with Crippen molar-refractivity contribution in [2.75, 3.05) is 18.9 Å². The molecule has 0 spiro atoms. The van der Waals surface area contributed by atoms with Crippen molar-refractivity contribution in [2.45, 2.75) is 50.6 Å². The van der Waals surface area contributed by atoms with Crippen LogP contribution in [-0.4, -0.2) is 39.2 Å². The SMILES string of the molecule is C=IC12CSC([NH3+])=C(C)NCC1(C(=C)C=CC=C(C)C(=C)C=NC=C(C)[N+]#CC)COC(C)C2. The Balaban J connectivity index is 2.28. The average molecular weight is 595 g/mol. The third kappa shape index (κ3) is 6.69. The maximum absolute atomic E-state index is 6.25. The molecule has 34 heavy (non-hydrogen) atoms. The highest BCUT2D eigenvalue weighted by atomic mass is 127. The summed E-state index contributed by atoms with van der Waals surface area (Å²) < 4.78 is 10.8. The second-order valence-corrected chi connectivity index (χ2v) is 12.7. The van der Waals surface area contributed by atoms with Gasteiger partial charge in [-0.05, 0) is 48.8 Å². The molecule has 0 aromatic heterocycles. The number of thioether (sulfide) groups is 1. The summed E-state index contributed by atoms with van der Waals surface area (Å²) in [6, 6.07) is 2.74. The Bertz CT molecular complexity index is 1040. The molecule has 0 radical (unpaired) electrons. The van der Waals surface area contributed by atoms with Crippen LogP contribution in [0.4, 0.5) is 0 Å². The Kier molecular flexibility index (Phi) is 10.8. The molecule has 184 valence electrons. The van der Waals surface area contributed by atoms with Crippen LogP contribution in [-0.2, 0) is 4.74 Å². The number of alkyl halides is 1. The van der Waals surface area contributed by atoms with Gasteiger partial charge in [0, 0.05) is 28.9 Å². The standard InChI is InChI=1S/C27H38IN4OS/c1-9-31-22(5)15-30-14-20(3)19(2)11-10-12-21(4)26-16-32-24(7)25(29)34-18-27(26,28-8)13-23(6)33-17-26/h10-12,14-15,23,32H,3-4,8,13,16-18,29H2,1-2,5-7H3/q+1/p+1. The molecule has 2 aliphatic heterocycles. The minimum Gasteiger partial charge on any atom is -0.382 e. The first-order valence-electron chi connectivity index (χ1n) is 11.3. The van der Waals surface area contributed by atoms with E-state index in [2.05, 4.69) is 76.7 Å². The number of ether oxygens (including phenoxy) is 1. The van der Waals surface area contributed by atoms with Gasteiger partial charge < -0.3 is 15.8 Å². The summed E-state index contributed by atoms with van der Waals surface area (Å²) in [5, 5.41) is 4.75. The zero-order valence-corrected chi connectivity index (χ0v) is 24.2. The van der Waals surface area contributed by atoms with Gasteiger partial charge in [-0.25, -0.2) is 0 Å². The molecule has 0 aliphatic carbocycles. The van der Waals surface area contributed by atoms with Crippen LogP contribution < -0.4 is 11.1 Å². The number of quaternary nitrogens is 1. The van der Waals surface area contributed by atoms with Gasteiger partial charge in [-0.3, -0.25) is 4.99 Å². The molecule has 1 saturated heterocycles. The number of fused-ring (bicyclic) bond motifs is 1. The van der Waals surface area contributed by atoms with E-state index in [-0.39, 0.29) is 35.7 Å². The fourth-order valence-corrected chi connectivity index (χ4v) is 8.70. The lowest BCUT2D eigenvalue weighted by Gasteiger charge is -2.54. The molecule has 7 heteroatoms. The predicted octanol–water partition coefficient (Wildman–Crippen LogP) is 5.59. The van der Waals surface area contributed by atoms with Crippen LogP contribution in [0.5, 0.6) is 0 Å². The summed E-state index contributed by atoms with van der Waals surface area (Å²) in [5.74, 6) is 1.01. The second-order valence-electron chi connectivity index (χ2n) is 8.84. The van der Waals surface area contributed by atoms with Crippen LogP contribution in [0.1, 0.15) is 41.0 Å². The van der Waals surface area contributed by atoms with Crippen LogP contribution in [0.2, 0.25) is 0 Å². The molecule has 2 heterocycles. The van der Waals surface area contributed by atoms with E-state index in [1.807, 2.05) is 25.6 Å². The lowest BCUT2D eigenvalue weighted by atomic mass is 9.67. The van der Waals surface area contributed by atoms with E-state index in [9.17, 15) is 0 Å². The molecule has 0 aromatic carbocycles. The maximum atomic E-state index is 6.25. The lowest BCUT2D eigenvalue weighted by Crippen LogP contribution is -2.61. The summed E-state index contributed by atoms with van der Waals surface area (Å²) in [6.45, 7) is 20.1. The van der Waals surface area contributed by atoms with Crippen LogP contribution in [0, 0.1) is 11.5 Å². The highest BCUT2D eigenvalue weighted by Crippen LogP contribution is 2.55.